The van der Waals surface area contributed by atoms with E-state index in [9.17, 15) is 14.7 Å². The number of hydrogen-bond acceptors (Lipinski definition) is 5. The van der Waals surface area contributed by atoms with Crippen LogP contribution in [-0.2, 0) is 11.3 Å². The lowest BCUT2D eigenvalue weighted by atomic mass is 9.82. The number of aromatic nitrogens is 5. The van der Waals surface area contributed by atoms with Gasteiger partial charge in [0, 0.05) is 43.4 Å². The summed E-state index contributed by atoms with van der Waals surface area (Å²) in [5.74, 6) is 0.111. The Morgan fingerprint density at radius 3 is 2.57 bits per heavy atom. The molecule has 1 amide bonds. The predicted octanol–water partition coefficient (Wildman–Crippen LogP) is 3.17. The monoisotopic (exact) mass is 500 g/mol. The Morgan fingerprint density at radius 1 is 1.03 bits per heavy atom. The zero-order valence-electron chi connectivity index (χ0n) is 20.8. The molecular weight excluding hydrogens is 468 g/mol. The van der Waals surface area contributed by atoms with E-state index < -0.39 is 5.60 Å². The van der Waals surface area contributed by atoms with E-state index in [1.807, 2.05) is 58.5 Å². The molecule has 1 saturated carbocycles. The summed E-state index contributed by atoms with van der Waals surface area (Å²) < 4.78 is 5.47. The molecule has 1 aliphatic heterocycles. The third-order valence-electron chi connectivity index (χ3n) is 8.13. The van der Waals surface area contributed by atoms with Crippen molar-refractivity contribution in [2.45, 2.75) is 56.7 Å². The van der Waals surface area contributed by atoms with E-state index in [4.69, 9.17) is 0 Å². The number of nitrogens with zero attached hydrogens (tertiary/aromatic N) is 6. The lowest BCUT2D eigenvalue weighted by Crippen LogP contribution is -2.51. The van der Waals surface area contributed by atoms with Gasteiger partial charge in [-0.2, -0.15) is 0 Å². The Morgan fingerprint density at radius 2 is 1.81 bits per heavy atom. The van der Waals surface area contributed by atoms with Crippen molar-refractivity contribution in [2.75, 3.05) is 13.1 Å². The second-order valence-corrected chi connectivity index (χ2v) is 10.5. The van der Waals surface area contributed by atoms with Gasteiger partial charge < -0.3 is 19.1 Å². The Bertz CT molecular complexity index is 1430. The van der Waals surface area contributed by atoms with Gasteiger partial charge in [-0.05, 0) is 43.9 Å². The maximum absolute atomic E-state index is 13.5. The number of rotatable bonds is 5. The molecule has 9 nitrogen and oxygen atoms in total. The molecule has 0 spiro atoms. The standard InChI is InChI=1S/C28H32N6O3/c35-26(22-8-4-5-9-24(22)32-17-13-29-19-32)31-15-11-28(37,12-16-31)18-33-20-30-25-23(27(33)36)10-14-34(25)21-6-2-1-3-7-21/h1-3,6-7,10,13-14,17,19-20,22,24,37H,4-5,8-9,11-12,15-16,18H2. The zero-order chi connectivity index (χ0) is 25.4. The number of amides is 1. The minimum absolute atomic E-state index is 0.0583. The number of piperidine rings is 1. The molecular formula is C28H32N6O3. The molecule has 1 aromatic carbocycles. The van der Waals surface area contributed by atoms with Crippen molar-refractivity contribution < 1.29 is 9.90 Å². The molecule has 192 valence electrons. The number of aliphatic hydroxyl groups is 1. The molecule has 4 aromatic rings. The van der Waals surface area contributed by atoms with Gasteiger partial charge in [0.15, 0.2) is 5.65 Å². The fraction of sp³-hybridized carbons (Fsp3) is 0.429. The Hall–Kier alpha value is -3.72. The highest BCUT2D eigenvalue weighted by Gasteiger charge is 2.39. The second-order valence-electron chi connectivity index (χ2n) is 10.5. The molecule has 2 unspecified atom stereocenters. The summed E-state index contributed by atoms with van der Waals surface area (Å²) in [5, 5.41) is 11.9. The molecule has 0 radical (unpaired) electrons. The smallest absolute Gasteiger partial charge is 0.262 e. The number of likely N-dealkylation sites (tertiary alicyclic amines) is 1. The van der Waals surface area contributed by atoms with E-state index in [0.29, 0.717) is 37.0 Å². The highest BCUT2D eigenvalue weighted by molar-refractivity contribution is 5.79. The van der Waals surface area contributed by atoms with E-state index >= 15 is 0 Å². The average Bonchev–Trinajstić information content (AvgIpc) is 3.62. The third kappa shape index (κ3) is 4.48. The number of para-hydroxylation sites is 1. The van der Waals surface area contributed by atoms with E-state index in [0.717, 1.165) is 31.4 Å². The molecule has 3 aromatic heterocycles. The van der Waals surface area contributed by atoms with Gasteiger partial charge in [0.1, 0.15) is 6.33 Å². The van der Waals surface area contributed by atoms with Gasteiger partial charge in [0.25, 0.3) is 5.56 Å². The summed E-state index contributed by atoms with van der Waals surface area (Å²) in [7, 11) is 0. The van der Waals surface area contributed by atoms with Crippen LogP contribution in [0, 0.1) is 5.92 Å². The van der Waals surface area contributed by atoms with E-state index in [1.165, 1.54) is 10.9 Å². The summed E-state index contributed by atoms with van der Waals surface area (Å²) in [6, 6.07) is 11.7. The van der Waals surface area contributed by atoms with Gasteiger partial charge in [0.05, 0.1) is 29.8 Å². The first-order valence-corrected chi connectivity index (χ1v) is 13.1. The van der Waals surface area contributed by atoms with Crippen molar-refractivity contribution in [1.29, 1.82) is 0 Å². The minimum Gasteiger partial charge on any atom is -0.388 e. The third-order valence-corrected chi connectivity index (χ3v) is 8.13. The highest BCUT2D eigenvalue weighted by atomic mass is 16.3. The molecule has 2 fully saturated rings. The SMILES string of the molecule is O=C(C1CCCCC1n1ccnc1)N1CCC(O)(Cn2cnc3c(ccn3-c3ccccc3)c2=O)CC1. The average molecular weight is 501 g/mol. The predicted molar refractivity (Wildman–Crippen MR) is 139 cm³/mol. The summed E-state index contributed by atoms with van der Waals surface area (Å²) in [6.07, 6.45) is 13.8. The Labute approximate surface area is 215 Å². The lowest BCUT2D eigenvalue weighted by molar-refractivity contribution is -0.142. The Balaban J connectivity index is 1.15. The van der Waals surface area contributed by atoms with Gasteiger partial charge >= 0.3 is 0 Å². The summed E-state index contributed by atoms with van der Waals surface area (Å²) in [6.45, 7) is 1.13. The van der Waals surface area contributed by atoms with Crippen LogP contribution in [0.2, 0.25) is 0 Å². The van der Waals surface area contributed by atoms with Crippen LogP contribution in [0.5, 0.6) is 0 Å². The Kier molecular flexibility index (Phi) is 6.16. The molecule has 37 heavy (non-hydrogen) atoms. The topological polar surface area (TPSA) is 98.2 Å². The molecule has 1 saturated heterocycles. The summed E-state index contributed by atoms with van der Waals surface area (Å²) in [4.78, 5) is 37.4. The van der Waals surface area contributed by atoms with Crippen LogP contribution in [-0.4, -0.2) is 58.3 Å². The molecule has 9 heteroatoms. The van der Waals surface area contributed by atoms with Crippen molar-refractivity contribution in [3.05, 3.63) is 78.0 Å². The number of carbonyl (C=O) groups is 1. The zero-order valence-corrected chi connectivity index (χ0v) is 20.8. The molecule has 1 N–H and O–H groups in total. The number of hydrogen-bond donors (Lipinski definition) is 1. The van der Waals surface area contributed by atoms with Crippen molar-refractivity contribution in [3.8, 4) is 5.69 Å². The second kappa shape index (κ2) is 9.63. The molecule has 2 aliphatic rings. The van der Waals surface area contributed by atoms with E-state index in [1.54, 1.807) is 12.3 Å². The van der Waals surface area contributed by atoms with Crippen molar-refractivity contribution in [1.82, 2.24) is 28.6 Å². The van der Waals surface area contributed by atoms with Crippen LogP contribution in [0.25, 0.3) is 16.7 Å². The maximum Gasteiger partial charge on any atom is 0.262 e. The maximum atomic E-state index is 13.5. The van der Waals surface area contributed by atoms with Crippen LogP contribution in [0.1, 0.15) is 44.6 Å². The molecule has 6 rings (SSSR count). The number of imidazole rings is 1. The van der Waals surface area contributed by atoms with E-state index in [2.05, 4.69) is 14.5 Å². The van der Waals surface area contributed by atoms with Gasteiger partial charge in [-0.25, -0.2) is 9.97 Å². The highest BCUT2D eigenvalue weighted by Crippen LogP contribution is 2.36. The molecule has 1 aliphatic carbocycles. The van der Waals surface area contributed by atoms with Crippen molar-refractivity contribution in [2.24, 2.45) is 5.92 Å². The lowest BCUT2D eigenvalue weighted by Gasteiger charge is -2.41. The normalized spacial score (nSPS) is 21.8. The van der Waals surface area contributed by atoms with E-state index in [-0.39, 0.29) is 30.0 Å². The summed E-state index contributed by atoms with van der Waals surface area (Å²) >= 11 is 0. The van der Waals surface area contributed by atoms with Crippen molar-refractivity contribution >= 4 is 16.9 Å². The quantitative estimate of drug-likeness (QED) is 0.454. The van der Waals surface area contributed by atoms with Crippen LogP contribution < -0.4 is 5.56 Å². The largest absolute Gasteiger partial charge is 0.388 e. The first-order valence-electron chi connectivity index (χ1n) is 13.1. The number of fused-ring (bicyclic) bond motifs is 1. The number of carbonyl (C=O) groups excluding carboxylic acids is 1. The minimum atomic E-state index is -1.06. The van der Waals surface area contributed by atoms with Crippen LogP contribution in [0.4, 0.5) is 0 Å². The van der Waals surface area contributed by atoms with Crippen LogP contribution in [0.15, 0.2) is 72.4 Å². The summed E-state index contributed by atoms with van der Waals surface area (Å²) in [5.41, 5.74) is 0.303. The fourth-order valence-electron chi connectivity index (χ4n) is 6.04. The first-order chi connectivity index (χ1) is 18.0. The molecule has 2 atom stereocenters. The fourth-order valence-corrected chi connectivity index (χ4v) is 6.04. The molecule has 0 bridgehead atoms. The van der Waals surface area contributed by atoms with Crippen LogP contribution >= 0.6 is 0 Å². The van der Waals surface area contributed by atoms with Crippen molar-refractivity contribution in [3.63, 3.8) is 0 Å². The number of benzene rings is 1. The van der Waals surface area contributed by atoms with Crippen LogP contribution in [0.3, 0.4) is 0 Å². The van der Waals surface area contributed by atoms with Gasteiger partial charge in [-0.15, -0.1) is 0 Å². The first kappa shape index (κ1) is 23.7. The van der Waals surface area contributed by atoms with Gasteiger partial charge in [0.2, 0.25) is 5.91 Å². The van der Waals surface area contributed by atoms with Gasteiger partial charge in [-0.3, -0.25) is 14.2 Å². The molecule has 4 heterocycles. The van der Waals surface area contributed by atoms with Gasteiger partial charge in [-0.1, -0.05) is 31.0 Å².